The summed E-state index contributed by atoms with van der Waals surface area (Å²) in [6, 6.07) is 12.4. The average Bonchev–Trinajstić information content (AvgIpc) is 2.79. The third-order valence-electron chi connectivity index (χ3n) is 4.96. The molecule has 0 spiro atoms. The standard InChI is InChI=1S/C9H8ClF3.C9H9F4N.C8H10FN.H3N/c1-2-6-3-4-8(10)7(5-6)9(11,12)13;1-5(14)6-2-3-8(10)7(4-6)9(11,12)13;1-6(10)7-2-4-8(9)5-3-7;/h3-5H,2H2,1H3;2-5H,14H2,1H3;2-6H,10H2,1H3;1H3. The lowest BCUT2D eigenvalue weighted by molar-refractivity contribution is -0.140. The summed E-state index contributed by atoms with van der Waals surface area (Å²) in [7, 11) is 0. The number of nitrogens with two attached hydrogens (primary N) is 2. The quantitative estimate of drug-likeness (QED) is 0.275. The minimum atomic E-state index is -4.67. The smallest absolute Gasteiger partial charge is 0.344 e. The molecule has 0 aliphatic rings. The molecule has 212 valence electrons. The van der Waals surface area contributed by atoms with Crippen molar-refractivity contribution in [3.05, 3.63) is 105 Å². The molecule has 2 atom stereocenters. The second-order valence-corrected chi connectivity index (χ2v) is 8.44. The summed E-state index contributed by atoms with van der Waals surface area (Å²) < 4.78 is 98.6. The molecule has 12 heteroatoms. The van der Waals surface area contributed by atoms with Gasteiger partial charge in [0.1, 0.15) is 11.6 Å². The monoisotopic (exact) mass is 571 g/mol. The number of benzene rings is 3. The molecule has 0 bridgehead atoms. The van der Waals surface area contributed by atoms with Crippen molar-refractivity contribution in [2.24, 2.45) is 11.5 Å². The van der Waals surface area contributed by atoms with Crippen LogP contribution in [-0.2, 0) is 18.8 Å². The predicted octanol–water partition coefficient (Wildman–Crippen LogP) is 8.79. The van der Waals surface area contributed by atoms with Crippen LogP contribution in [0, 0.1) is 11.6 Å². The van der Waals surface area contributed by atoms with Crippen molar-refractivity contribution in [3.8, 4) is 0 Å². The Kier molecular flexibility index (Phi) is 13.9. The fraction of sp³-hybridized carbons (Fsp3) is 0.308. The lowest BCUT2D eigenvalue weighted by atomic mass is 10.1. The summed E-state index contributed by atoms with van der Waals surface area (Å²) >= 11 is 5.42. The molecule has 0 saturated carbocycles. The van der Waals surface area contributed by atoms with Gasteiger partial charge in [-0.25, -0.2) is 8.78 Å². The maximum Gasteiger partial charge on any atom is 0.419 e. The molecule has 3 aromatic rings. The van der Waals surface area contributed by atoms with Gasteiger partial charge >= 0.3 is 12.4 Å². The lowest BCUT2D eigenvalue weighted by Crippen LogP contribution is -2.11. The van der Waals surface area contributed by atoms with Gasteiger partial charge in [-0.1, -0.05) is 42.8 Å². The zero-order chi connectivity index (χ0) is 28.6. The van der Waals surface area contributed by atoms with Crippen molar-refractivity contribution in [2.45, 2.75) is 51.6 Å². The Morgan fingerprint density at radius 1 is 0.711 bits per heavy atom. The van der Waals surface area contributed by atoms with Crippen molar-refractivity contribution in [1.29, 1.82) is 0 Å². The molecular formula is C26H30ClF8N3. The van der Waals surface area contributed by atoms with Gasteiger partial charge in [0, 0.05) is 12.1 Å². The Bertz CT molecular complexity index is 1130. The van der Waals surface area contributed by atoms with Gasteiger partial charge in [-0.3, -0.25) is 0 Å². The minimum Gasteiger partial charge on any atom is -0.344 e. The van der Waals surface area contributed by atoms with Crippen LogP contribution in [0.1, 0.15) is 60.7 Å². The van der Waals surface area contributed by atoms with E-state index in [-0.39, 0.29) is 28.6 Å². The van der Waals surface area contributed by atoms with E-state index in [0.29, 0.717) is 12.0 Å². The van der Waals surface area contributed by atoms with Crippen LogP contribution in [0.5, 0.6) is 0 Å². The van der Waals surface area contributed by atoms with Crippen LogP contribution in [0.25, 0.3) is 0 Å². The number of halogens is 9. The first-order valence-corrected chi connectivity index (χ1v) is 11.3. The number of alkyl halides is 6. The molecule has 0 aromatic heterocycles. The van der Waals surface area contributed by atoms with Crippen LogP contribution in [0.2, 0.25) is 5.02 Å². The molecule has 0 fully saturated rings. The topological polar surface area (TPSA) is 87.0 Å². The Morgan fingerprint density at radius 2 is 1.18 bits per heavy atom. The summed E-state index contributed by atoms with van der Waals surface area (Å²) in [5.41, 5.74) is 10.8. The van der Waals surface area contributed by atoms with Crippen LogP contribution < -0.4 is 17.6 Å². The molecule has 38 heavy (non-hydrogen) atoms. The number of aryl methyl sites for hydroxylation is 1. The van der Waals surface area contributed by atoms with E-state index in [4.69, 9.17) is 23.1 Å². The number of hydrogen-bond donors (Lipinski definition) is 3. The largest absolute Gasteiger partial charge is 0.419 e. The van der Waals surface area contributed by atoms with E-state index < -0.39 is 35.3 Å². The molecular weight excluding hydrogens is 542 g/mol. The molecule has 3 nitrogen and oxygen atoms in total. The number of rotatable bonds is 3. The summed E-state index contributed by atoms with van der Waals surface area (Å²) in [5, 5.41) is -0.246. The minimum absolute atomic E-state index is 0. The average molecular weight is 572 g/mol. The van der Waals surface area contributed by atoms with E-state index >= 15 is 0 Å². The first-order chi connectivity index (χ1) is 17.0. The van der Waals surface area contributed by atoms with E-state index in [0.717, 1.165) is 23.8 Å². The molecule has 0 radical (unpaired) electrons. The van der Waals surface area contributed by atoms with Crippen LogP contribution in [0.4, 0.5) is 35.1 Å². The van der Waals surface area contributed by atoms with Gasteiger partial charge in [0.25, 0.3) is 0 Å². The maximum atomic E-state index is 12.8. The van der Waals surface area contributed by atoms with E-state index in [2.05, 4.69) is 0 Å². The molecule has 0 saturated heterocycles. The van der Waals surface area contributed by atoms with Gasteiger partial charge in [-0.2, -0.15) is 26.3 Å². The SMILES string of the molecule is CC(N)c1ccc(F)c(C(F)(F)F)c1.CC(N)c1ccc(F)cc1.CCc1ccc(Cl)c(C(F)(F)F)c1.N. The van der Waals surface area contributed by atoms with Crippen LogP contribution in [-0.4, -0.2) is 0 Å². The maximum absolute atomic E-state index is 12.8. The molecule has 7 N–H and O–H groups in total. The zero-order valence-corrected chi connectivity index (χ0v) is 21.7. The number of hydrogen-bond acceptors (Lipinski definition) is 3. The highest BCUT2D eigenvalue weighted by molar-refractivity contribution is 6.31. The van der Waals surface area contributed by atoms with E-state index in [1.807, 2.05) is 6.92 Å². The Hall–Kier alpha value is -2.73. The van der Waals surface area contributed by atoms with Crippen LogP contribution in [0.3, 0.4) is 0 Å². The predicted molar refractivity (Wildman–Crippen MR) is 134 cm³/mol. The fourth-order valence-corrected chi connectivity index (χ4v) is 3.04. The van der Waals surface area contributed by atoms with Crippen molar-refractivity contribution in [3.63, 3.8) is 0 Å². The summed E-state index contributed by atoms with van der Waals surface area (Å²) in [6.07, 6.45) is -8.46. The molecule has 3 rings (SSSR count). The van der Waals surface area contributed by atoms with Crippen molar-refractivity contribution in [1.82, 2.24) is 6.15 Å². The third-order valence-corrected chi connectivity index (χ3v) is 5.29. The van der Waals surface area contributed by atoms with Gasteiger partial charge in [-0.05, 0) is 73.4 Å². The Labute approximate surface area is 221 Å². The van der Waals surface area contributed by atoms with Crippen molar-refractivity contribution < 1.29 is 35.1 Å². The normalized spacial score (nSPS) is 12.7. The fourth-order valence-electron chi connectivity index (χ4n) is 2.82. The van der Waals surface area contributed by atoms with Gasteiger partial charge in [0.15, 0.2) is 0 Å². The Balaban J connectivity index is 0.000000540. The van der Waals surface area contributed by atoms with E-state index in [1.54, 1.807) is 25.1 Å². The van der Waals surface area contributed by atoms with Gasteiger partial charge < -0.3 is 17.6 Å². The highest BCUT2D eigenvalue weighted by Gasteiger charge is 2.34. The van der Waals surface area contributed by atoms with Gasteiger partial charge in [-0.15, -0.1) is 0 Å². The molecule has 0 heterocycles. The molecule has 3 aromatic carbocycles. The van der Waals surface area contributed by atoms with Gasteiger partial charge in [0.05, 0.1) is 16.1 Å². The first-order valence-electron chi connectivity index (χ1n) is 11.0. The van der Waals surface area contributed by atoms with E-state index in [9.17, 15) is 35.1 Å². The van der Waals surface area contributed by atoms with Crippen molar-refractivity contribution in [2.75, 3.05) is 0 Å². The van der Waals surface area contributed by atoms with Gasteiger partial charge in [0.2, 0.25) is 0 Å². The summed E-state index contributed by atoms with van der Waals surface area (Å²) in [5.74, 6) is -1.49. The second kappa shape index (κ2) is 15.0. The second-order valence-electron chi connectivity index (χ2n) is 8.03. The first kappa shape index (κ1) is 35.3. The molecule has 0 aliphatic carbocycles. The molecule has 0 aliphatic heterocycles. The lowest BCUT2D eigenvalue weighted by Gasteiger charge is -2.11. The summed E-state index contributed by atoms with van der Waals surface area (Å²) in [6.45, 7) is 5.20. The highest BCUT2D eigenvalue weighted by Crippen LogP contribution is 2.35. The van der Waals surface area contributed by atoms with Crippen LogP contribution >= 0.6 is 11.6 Å². The zero-order valence-electron chi connectivity index (χ0n) is 20.9. The highest BCUT2D eigenvalue weighted by atomic mass is 35.5. The summed E-state index contributed by atoms with van der Waals surface area (Å²) in [4.78, 5) is 0. The van der Waals surface area contributed by atoms with Crippen molar-refractivity contribution >= 4 is 11.6 Å². The molecule has 0 amide bonds. The van der Waals surface area contributed by atoms with Crippen LogP contribution in [0.15, 0.2) is 60.7 Å². The third kappa shape index (κ3) is 11.3. The molecule has 2 unspecified atom stereocenters. The van der Waals surface area contributed by atoms with E-state index in [1.165, 1.54) is 31.2 Å². The Morgan fingerprint density at radius 3 is 1.61 bits per heavy atom.